The highest BCUT2D eigenvalue weighted by molar-refractivity contribution is 5.97. The van der Waals surface area contributed by atoms with Crippen LogP contribution in [0.5, 0.6) is 0 Å². The minimum absolute atomic E-state index is 0.0493. The van der Waals surface area contributed by atoms with Gasteiger partial charge in [-0.25, -0.2) is 4.98 Å². The number of nitrogens with one attached hydrogen (secondary N) is 1. The number of anilines is 1. The number of nitrogens with zero attached hydrogens (tertiary/aromatic N) is 4. The molecule has 2 heterocycles. The number of rotatable bonds is 6. The molecule has 6 nitrogen and oxygen atoms in total. The minimum atomic E-state index is -0.0493. The molecule has 1 aliphatic heterocycles. The van der Waals surface area contributed by atoms with Gasteiger partial charge < -0.3 is 10.2 Å². The highest BCUT2D eigenvalue weighted by Crippen LogP contribution is 2.22. The summed E-state index contributed by atoms with van der Waals surface area (Å²) >= 11 is 0. The summed E-state index contributed by atoms with van der Waals surface area (Å²) in [7, 11) is 0. The molecule has 0 bridgehead atoms. The van der Waals surface area contributed by atoms with E-state index < -0.39 is 0 Å². The number of imidazole rings is 1. The monoisotopic (exact) mass is 439 g/mol. The van der Waals surface area contributed by atoms with Gasteiger partial charge in [-0.2, -0.15) is 0 Å². The Morgan fingerprint density at radius 3 is 2.24 bits per heavy atom. The highest BCUT2D eigenvalue weighted by Gasteiger charge is 2.17. The smallest absolute Gasteiger partial charge is 0.251 e. The first-order valence-corrected chi connectivity index (χ1v) is 11.5. The van der Waals surface area contributed by atoms with Crippen LogP contribution >= 0.6 is 0 Å². The predicted octanol–water partition coefficient (Wildman–Crippen LogP) is 3.89. The standard InChI is InChI=1S/C27H29N5O/c1-21-29-25-20-22(12-13-26(25)32(21)24-10-6-3-7-11-24)27(33)28-14-15-30-16-18-31(19-17-30)23-8-4-2-5-9-23/h2-13,20H,14-19H2,1H3,(H,28,33). The molecule has 1 saturated heterocycles. The normalized spacial score (nSPS) is 14.5. The zero-order valence-electron chi connectivity index (χ0n) is 18.9. The van der Waals surface area contributed by atoms with Crippen LogP contribution in [-0.2, 0) is 0 Å². The molecule has 5 rings (SSSR count). The summed E-state index contributed by atoms with van der Waals surface area (Å²) in [5, 5.41) is 3.08. The number of benzene rings is 3. The minimum Gasteiger partial charge on any atom is -0.369 e. The number of aryl methyl sites for hydroxylation is 1. The molecule has 0 spiro atoms. The van der Waals surface area contributed by atoms with E-state index in [0.29, 0.717) is 12.1 Å². The van der Waals surface area contributed by atoms with Gasteiger partial charge in [-0.05, 0) is 49.4 Å². The Hall–Kier alpha value is -3.64. The summed E-state index contributed by atoms with van der Waals surface area (Å²) in [5.74, 6) is 0.857. The lowest BCUT2D eigenvalue weighted by molar-refractivity contribution is 0.0948. The second-order valence-corrected chi connectivity index (χ2v) is 8.45. The van der Waals surface area contributed by atoms with Crippen LogP contribution in [-0.4, -0.2) is 59.6 Å². The van der Waals surface area contributed by atoms with Gasteiger partial charge in [0.15, 0.2) is 0 Å². The van der Waals surface area contributed by atoms with E-state index >= 15 is 0 Å². The molecule has 33 heavy (non-hydrogen) atoms. The molecule has 1 fully saturated rings. The topological polar surface area (TPSA) is 53.4 Å². The number of aromatic nitrogens is 2. The van der Waals surface area contributed by atoms with E-state index in [9.17, 15) is 4.79 Å². The number of para-hydroxylation sites is 2. The first-order chi connectivity index (χ1) is 16.2. The summed E-state index contributed by atoms with van der Waals surface area (Å²) in [6.45, 7) is 7.53. The summed E-state index contributed by atoms with van der Waals surface area (Å²) in [6, 6.07) is 26.5. The van der Waals surface area contributed by atoms with Crippen LogP contribution in [0.15, 0.2) is 78.9 Å². The van der Waals surface area contributed by atoms with Crippen molar-refractivity contribution in [2.24, 2.45) is 0 Å². The van der Waals surface area contributed by atoms with Crippen molar-refractivity contribution in [3.05, 3.63) is 90.3 Å². The number of carbonyl (C=O) groups is 1. The third-order valence-electron chi connectivity index (χ3n) is 6.31. The third-order valence-corrected chi connectivity index (χ3v) is 6.31. The van der Waals surface area contributed by atoms with Crippen LogP contribution in [0.3, 0.4) is 0 Å². The first-order valence-electron chi connectivity index (χ1n) is 11.5. The fourth-order valence-corrected chi connectivity index (χ4v) is 4.54. The summed E-state index contributed by atoms with van der Waals surface area (Å²) < 4.78 is 2.12. The van der Waals surface area contributed by atoms with E-state index in [4.69, 9.17) is 0 Å². The number of carbonyl (C=O) groups excluding carboxylic acids is 1. The highest BCUT2D eigenvalue weighted by atomic mass is 16.1. The Bertz CT molecular complexity index is 1230. The van der Waals surface area contributed by atoms with Gasteiger partial charge in [0.25, 0.3) is 5.91 Å². The first kappa shape index (κ1) is 21.2. The Morgan fingerprint density at radius 1 is 0.879 bits per heavy atom. The Morgan fingerprint density at radius 2 is 1.55 bits per heavy atom. The SMILES string of the molecule is Cc1nc2cc(C(=O)NCCN3CCN(c4ccccc4)CC3)ccc2n1-c1ccccc1. The van der Waals surface area contributed by atoms with Crippen LogP contribution in [0.2, 0.25) is 0 Å². The molecule has 0 unspecified atom stereocenters. The van der Waals surface area contributed by atoms with Crippen molar-refractivity contribution in [2.45, 2.75) is 6.92 Å². The molecule has 1 aromatic heterocycles. The van der Waals surface area contributed by atoms with Gasteiger partial charge in [0.2, 0.25) is 0 Å². The van der Waals surface area contributed by atoms with Crippen molar-refractivity contribution >= 4 is 22.6 Å². The molecular formula is C27H29N5O. The second-order valence-electron chi connectivity index (χ2n) is 8.45. The van der Waals surface area contributed by atoms with Gasteiger partial charge in [-0.3, -0.25) is 14.3 Å². The van der Waals surface area contributed by atoms with Crippen molar-refractivity contribution < 1.29 is 4.79 Å². The average Bonchev–Trinajstić information content (AvgIpc) is 3.20. The second kappa shape index (κ2) is 9.46. The molecule has 0 atom stereocenters. The maximum Gasteiger partial charge on any atom is 0.251 e. The van der Waals surface area contributed by atoms with Gasteiger partial charge >= 0.3 is 0 Å². The van der Waals surface area contributed by atoms with Crippen molar-refractivity contribution in [1.82, 2.24) is 19.8 Å². The molecule has 1 aliphatic rings. The Balaban J connectivity index is 1.17. The molecule has 1 N–H and O–H groups in total. The molecule has 0 aliphatic carbocycles. The number of piperazine rings is 1. The van der Waals surface area contributed by atoms with Crippen molar-refractivity contribution in [1.29, 1.82) is 0 Å². The van der Waals surface area contributed by atoms with Crippen molar-refractivity contribution in [3.8, 4) is 5.69 Å². The molecule has 1 amide bonds. The molecule has 0 saturated carbocycles. The van der Waals surface area contributed by atoms with Crippen LogP contribution in [0.4, 0.5) is 5.69 Å². The zero-order chi connectivity index (χ0) is 22.6. The molecule has 0 radical (unpaired) electrons. The molecule has 6 heteroatoms. The van der Waals surface area contributed by atoms with Gasteiger partial charge in [0.1, 0.15) is 5.82 Å². The number of hydrogen-bond acceptors (Lipinski definition) is 4. The summed E-state index contributed by atoms with van der Waals surface area (Å²) in [6.07, 6.45) is 0. The number of amides is 1. The number of hydrogen-bond donors (Lipinski definition) is 1. The van der Waals surface area contributed by atoms with Crippen LogP contribution < -0.4 is 10.2 Å². The zero-order valence-corrected chi connectivity index (χ0v) is 18.9. The van der Waals surface area contributed by atoms with E-state index in [1.807, 2.05) is 43.3 Å². The summed E-state index contributed by atoms with van der Waals surface area (Å²) in [5.41, 5.74) is 4.84. The lowest BCUT2D eigenvalue weighted by Gasteiger charge is -2.36. The van der Waals surface area contributed by atoms with E-state index in [2.05, 4.69) is 67.1 Å². The lowest BCUT2D eigenvalue weighted by atomic mass is 10.2. The van der Waals surface area contributed by atoms with Crippen molar-refractivity contribution in [2.75, 3.05) is 44.2 Å². The molecule has 4 aromatic rings. The fourth-order valence-electron chi connectivity index (χ4n) is 4.54. The van der Waals surface area contributed by atoms with E-state index in [-0.39, 0.29) is 5.91 Å². The van der Waals surface area contributed by atoms with Crippen molar-refractivity contribution in [3.63, 3.8) is 0 Å². The Labute approximate surface area is 194 Å². The molecular weight excluding hydrogens is 410 g/mol. The lowest BCUT2D eigenvalue weighted by Crippen LogP contribution is -2.48. The maximum atomic E-state index is 12.8. The predicted molar refractivity (Wildman–Crippen MR) is 133 cm³/mol. The summed E-state index contributed by atoms with van der Waals surface area (Å²) in [4.78, 5) is 22.3. The quantitative estimate of drug-likeness (QED) is 0.495. The van der Waals surface area contributed by atoms with Gasteiger partial charge in [-0.1, -0.05) is 36.4 Å². The van der Waals surface area contributed by atoms with Crippen LogP contribution in [0, 0.1) is 6.92 Å². The largest absolute Gasteiger partial charge is 0.369 e. The van der Waals surface area contributed by atoms with Gasteiger partial charge in [-0.15, -0.1) is 0 Å². The molecule has 168 valence electrons. The molecule has 3 aromatic carbocycles. The average molecular weight is 440 g/mol. The van der Waals surface area contributed by atoms with Crippen LogP contribution in [0.25, 0.3) is 16.7 Å². The van der Waals surface area contributed by atoms with E-state index in [1.54, 1.807) is 0 Å². The van der Waals surface area contributed by atoms with E-state index in [1.165, 1.54) is 5.69 Å². The van der Waals surface area contributed by atoms with Crippen LogP contribution in [0.1, 0.15) is 16.2 Å². The third kappa shape index (κ3) is 4.61. The maximum absolute atomic E-state index is 12.8. The Kier molecular flexibility index (Phi) is 6.09. The number of fused-ring (bicyclic) bond motifs is 1. The van der Waals surface area contributed by atoms with E-state index in [0.717, 1.165) is 55.3 Å². The van der Waals surface area contributed by atoms with Gasteiger partial charge in [0, 0.05) is 56.2 Å². The fraction of sp³-hybridized carbons (Fsp3) is 0.259. The van der Waals surface area contributed by atoms with Gasteiger partial charge in [0.05, 0.1) is 11.0 Å².